The van der Waals surface area contributed by atoms with Gasteiger partial charge in [0.05, 0.1) is 25.3 Å². The van der Waals surface area contributed by atoms with E-state index in [2.05, 4.69) is 4.84 Å². The Morgan fingerprint density at radius 2 is 1.96 bits per heavy atom. The summed E-state index contributed by atoms with van der Waals surface area (Å²) in [6, 6.07) is 3.65. The summed E-state index contributed by atoms with van der Waals surface area (Å²) in [4.78, 5) is 36.8. The number of nitrogens with two attached hydrogens (primary N) is 1. The zero-order chi connectivity index (χ0) is 17.2. The summed E-state index contributed by atoms with van der Waals surface area (Å²) >= 11 is 0. The van der Waals surface area contributed by atoms with Crippen molar-refractivity contribution in [3.8, 4) is 11.5 Å². The van der Waals surface area contributed by atoms with Gasteiger partial charge in [0.15, 0.2) is 11.5 Å². The molecule has 0 spiro atoms. The van der Waals surface area contributed by atoms with Gasteiger partial charge in [-0.25, -0.2) is 4.79 Å². The predicted molar refractivity (Wildman–Crippen MR) is 75.3 cm³/mol. The summed E-state index contributed by atoms with van der Waals surface area (Å²) < 4.78 is 9.67. The monoisotopic (exact) mass is 328 g/mol. The molecule has 0 radical (unpaired) electrons. The van der Waals surface area contributed by atoms with E-state index in [0.29, 0.717) is 12.8 Å². The van der Waals surface area contributed by atoms with Crippen LogP contribution in [0, 0.1) is 10.1 Å². The van der Waals surface area contributed by atoms with E-state index in [9.17, 15) is 24.8 Å². The maximum atomic E-state index is 11.7. The van der Waals surface area contributed by atoms with Gasteiger partial charge in [0, 0.05) is 0 Å². The average Bonchev–Trinajstić information content (AvgIpc) is 2.51. The van der Waals surface area contributed by atoms with Gasteiger partial charge in [0.2, 0.25) is 0 Å². The van der Waals surface area contributed by atoms with Gasteiger partial charge in [-0.2, -0.15) is 0 Å². The number of unbranched alkanes of at least 4 members (excludes halogenated alkanes) is 1. The number of phenols is 1. The van der Waals surface area contributed by atoms with Gasteiger partial charge in [0.1, 0.15) is 0 Å². The fourth-order valence-electron chi connectivity index (χ4n) is 1.49. The summed E-state index contributed by atoms with van der Waals surface area (Å²) in [5.74, 6) is -1.94. The third kappa shape index (κ3) is 6.61. The summed E-state index contributed by atoms with van der Waals surface area (Å²) in [7, 11) is 0. The van der Waals surface area contributed by atoms with E-state index >= 15 is 0 Å². The molecule has 0 saturated heterocycles. The lowest BCUT2D eigenvalue weighted by atomic mass is 10.2. The van der Waals surface area contributed by atoms with Gasteiger partial charge in [-0.1, -0.05) is 0 Å². The van der Waals surface area contributed by atoms with Crippen molar-refractivity contribution in [2.24, 2.45) is 5.73 Å². The lowest BCUT2D eigenvalue weighted by Gasteiger charge is -2.08. The SMILES string of the molecule is NCC(=O)Oc1ccc(C(=O)OCCCCO[N+](=O)[O-])cc1O. The molecule has 126 valence electrons. The molecule has 0 unspecified atom stereocenters. The number of rotatable bonds is 9. The Balaban J connectivity index is 2.43. The molecule has 10 heteroatoms. The minimum atomic E-state index is -0.895. The highest BCUT2D eigenvalue weighted by Crippen LogP contribution is 2.27. The minimum absolute atomic E-state index is 0.0462. The molecule has 0 heterocycles. The van der Waals surface area contributed by atoms with Crippen molar-refractivity contribution in [2.45, 2.75) is 12.8 Å². The smallest absolute Gasteiger partial charge is 0.338 e. The highest BCUT2D eigenvalue weighted by Gasteiger charge is 2.13. The molecule has 0 saturated carbocycles. The van der Waals surface area contributed by atoms with Crippen molar-refractivity contribution < 1.29 is 34.1 Å². The molecule has 0 bridgehead atoms. The first kappa shape index (κ1) is 18.2. The molecule has 1 aromatic rings. The molecule has 0 aliphatic rings. The first-order valence-electron chi connectivity index (χ1n) is 6.62. The standard InChI is InChI=1S/C13H16N2O8/c14-8-12(17)23-11-4-3-9(7-10(11)16)13(18)21-5-1-2-6-22-15(19)20/h3-4,7,16H,1-2,5-6,8,14H2. The summed E-state index contributed by atoms with van der Waals surface area (Å²) in [6.45, 7) is -0.374. The van der Waals surface area contributed by atoms with Crippen LogP contribution >= 0.6 is 0 Å². The third-order valence-corrected chi connectivity index (χ3v) is 2.55. The van der Waals surface area contributed by atoms with E-state index in [4.69, 9.17) is 15.2 Å². The molecule has 3 N–H and O–H groups in total. The second kappa shape index (κ2) is 9.20. The fourth-order valence-corrected chi connectivity index (χ4v) is 1.49. The maximum Gasteiger partial charge on any atom is 0.338 e. The Hall–Kier alpha value is -2.88. The number of esters is 2. The molecule has 0 aliphatic carbocycles. The Morgan fingerprint density at radius 3 is 2.57 bits per heavy atom. The van der Waals surface area contributed by atoms with Crippen molar-refractivity contribution in [1.29, 1.82) is 0 Å². The number of hydrogen-bond acceptors (Lipinski definition) is 9. The molecule has 0 amide bonds. The van der Waals surface area contributed by atoms with Crippen LogP contribution in [-0.2, 0) is 14.4 Å². The molecular formula is C13H16N2O8. The first-order valence-corrected chi connectivity index (χ1v) is 6.62. The first-order chi connectivity index (χ1) is 10.9. The zero-order valence-corrected chi connectivity index (χ0v) is 12.1. The van der Waals surface area contributed by atoms with Gasteiger partial charge in [0.25, 0.3) is 5.09 Å². The molecular weight excluding hydrogens is 312 g/mol. The van der Waals surface area contributed by atoms with Crippen molar-refractivity contribution >= 4 is 11.9 Å². The molecule has 1 rings (SSSR count). The number of nitrogens with zero attached hydrogens (tertiary/aromatic N) is 1. The minimum Gasteiger partial charge on any atom is -0.504 e. The van der Waals surface area contributed by atoms with E-state index in [1.54, 1.807) is 0 Å². The van der Waals surface area contributed by atoms with Crippen LogP contribution in [0.25, 0.3) is 0 Å². The van der Waals surface area contributed by atoms with Gasteiger partial charge >= 0.3 is 11.9 Å². The van der Waals surface area contributed by atoms with E-state index < -0.39 is 22.8 Å². The van der Waals surface area contributed by atoms with E-state index in [1.165, 1.54) is 12.1 Å². The van der Waals surface area contributed by atoms with Crippen molar-refractivity contribution in [3.63, 3.8) is 0 Å². The van der Waals surface area contributed by atoms with Crippen molar-refractivity contribution in [1.82, 2.24) is 0 Å². The number of carbonyl (C=O) groups is 2. The lowest BCUT2D eigenvalue weighted by molar-refractivity contribution is -0.757. The molecule has 0 aliphatic heterocycles. The lowest BCUT2D eigenvalue weighted by Crippen LogP contribution is -2.19. The Bertz CT molecular complexity index is 575. The van der Waals surface area contributed by atoms with Crippen molar-refractivity contribution in [2.75, 3.05) is 19.8 Å². The predicted octanol–water partition coefficient (Wildman–Crippen LogP) is 0.402. The van der Waals surface area contributed by atoms with Crippen LogP contribution in [0.15, 0.2) is 18.2 Å². The summed E-state index contributed by atoms with van der Waals surface area (Å²) in [6.07, 6.45) is 0.741. The third-order valence-electron chi connectivity index (χ3n) is 2.55. The number of ether oxygens (including phenoxy) is 2. The topological polar surface area (TPSA) is 151 Å². The van der Waals surface area contributed by atoms with Gasteiger partial charge in [-0.05, 0) is 31.0 Å². The van der Waals surface area contributed by atoms with E-state index in [1.807, 2.05) is 0 Å². The van der Waals surface area contributed by atoms with Crippen LogP contribution in [0.5, 0.6) is 11.5 Å². The molecule has 0 fully saturated rings. The largest absolute Gasteiger partial charge is 0.504 e. The van der Waals surface area contributed by atoms with Crippen LogP contribution in [-0.4, -0.2) is 41.9 Å². The van der Waals surface area contributed by atoms with E-state index in [0.717, 1.165) is 6.07 Å². The van der Waals surface area contributed by atoms with Crippen LogP contribution in [0.2, 0.25) is 0 Å². The fraction of sp³-hybridized carbons (Fsp3) is 0.385. The van der Waals surface area contributed by atoms with Crippen LogP contribution < -0.4 is 10.5 Å². The maximum absolute atomic E-state index is 11.7. The van der Waals surface area contributed by atoms with Gasteiger partial charge in [-0.3, -0.25) is 4.79 Å². The highest BCUT2D eigenvalue weighted by atomic mass is 16.9. The van der Waals surface area contributed by atoms with Crippen molar-refractivity contribution in [3.05, 3.63) is 33.9 Å². The molecule has 23 heavy (non-hydrogen) atoms. The second-order valence-electron chi connectivity index (χ2n) is 4.26. The second-order valence-corrected chi connectivity index (χ2v) is 4.26. The quantitative estimate of drug-likeness (QED) is 0.216. The molecule has 1 aromatic carbocycles. The molecule has 10 nitrogen and oxygen atoms in total. The van der Waals surface area contributed by atoms with Gasteiger partial charge in [-0.15, -0.1) is 10.1 Å². The van der Waals surface area contributed by atoms with Crippen LogP contribution in [0.4, 0.5) is 0 Å². The summed E-state index contributed by atoms with van der Waals surface area (Å²) in [5.41, 5.74) is 5.14. The average molecular weight is 328 g/mol. The number of carbonyl (C=O) groups excluding carboxylic acids is 2. The number of phenolic OH excluding ortho intramolecular Hbond substituents is 1. The number of aromatic hydroxyl groups is 1. The van der Waals surface area contributed by atoms with Crippen LogP contribution in [0.1, 0.15) is 23.2 Å². The Morgan fingerprint density at radius 1 is 1.26 bits per heavy atom. The Kier molecular flexibility index (Phi) is 7.27. The normalized spacial score (nSPS) is 9.96. The molecule has 0 aromatic heterocycles. The molecule has 0 atom stereocenters. The zero-order valence-electron chi connectivity index (χ0n) is 12.1. The number of benzene rings is 1. The highest BCUT2D eigenvalue weighted by molar-refractivity contribution is 5.90. The Labute approximate surface area is 130 Å². The summed E-state index contributed by atoms with van der Waals surface area (Å²) in [5, 5.41) is 18.7. The van der Waals surface area contributed by atoms with Crippen LogP contribution in [0.3, 0.4) is 0 Å². The van der Waals surface area contributed by atoms with E-state index in [-0.39, 0.29) is 31.1 Å². The number of hydrogen-bond donors (Lipinski definition) is 2. The van der Waals surface area contributed by atoms with Gasteiger partial charge < -0.3 is 25.2 Å².